The van der Waals surface area contributed by atoms with Crippen molar-refractivity contribution >= 4 is 67.2 Å². The van der Waals surface area contributed by atoms with Gasteiger partial charge >= 0.3 is 0 Å². The first kappa shape index (κ1) is 33.2. The number of aromatic nitrogens is 2. The van der Waals surface area contributed by atoms with Crippen LogP contribution in [0.2, 0.25) is 5.04 Å². The van der Waals surface area contributed by atoms with Gasteiger partial charge in [-0.05, 0) is 62.6 Å². The second-order valence-corrected chi connectivity index (χ2v) is 20.5. The molecule has 0 aliphatic rings. The number of benzene rings is 8. The minimum atomic E-state index is -2.55. The minimum Gasteiger partial charge on any atom is -0.309 e. The van der Waals surface area contributed by atoms with Gasteiger partial charge in [0.2, 0.25) is 0 Å². The second kappa shape index (κ2) is 12.9. The van der Waals surface area contributed by atoms with Gasteiger partial charge in [-0.2, -0.15) is 0 Å². The molecule has 3 heteroatoms. The molecular weight excluding hydrogens is 681 g/mol. The smallest absolute Gasteiger partial charge is 0.153 e. The molecule has 0 saturated carbocycles. The van der Waals surface area contributed by atoms with Gasteiger partial charge in [0, 0.05) is 32.8 Å². The molecule has 2 heterocycles. The molecule has 2 aromatic heterocycles. The van der Waals surface area contributed by atoms with Gasteiger partial charge in [0.15, 0.2) is 8.07 Å². The third-order valence-corrected chi connectivity index (χ3v) is 17.6. The second-order valence-electron chi connectivity index (χ2n) is 15.8. The highest BCUT2D eigenvalue weighted by Gasteiger charge is 2.49. The molecule has 8 aromatic carbocycles. The standard InChI is InChI=1S/C52H42N2Si/c1-52(2,3)55(39-21-9-5-10-22-39,40-23-11-6-12-24-40)41-32-34-50-46(36-41)44-27-15-17-29-48(44)53(50)38-31-33-45-43-26-14-18-30-49(43)54(51(45)35-38)47-28-16-13-25-42(47)37-19-7-4-8-20-37/h4-36H,1-3H3. The highest BCUT2D eigenvalue weighted by atomic mass is 28.3. The van der Waals surface area contributed by atoms with Crippen LogP contribution in [0.15, 0.2) is 200 Å². The SMILES string of the molecule is CC(C)(C)[Si](c1ccccc1)(c1ccccc1)c1ccc2c(c1)c1ccccc1n2-c1ccc2c3ccccc3n(-c3ccccc3-c3ccccc3)c2c1. The summed E-state index contributed by atoms with van der Waals surface area (Å²) < 4.78 is 4.94. The number of fused-ring (bicyclic) bond motifs is 6. The number of nitrogens with zero attached hydrogens (tertiary/aromatic N) is 2. The summed E-state index contributed by atoms with van der Waals surface area (Å²) in [6.07, 6.45) is 0. The van der Waals surface area contributed by atoms with Gasteiger partial charge in [0.05, 0.1) is 27.8 Å². The number of hydrogen-bond donors (Lipinski definition) is 0. The molecule has 264 valence electrons. The van der Waals surface area contributed by atoms with E-state index in [0.717, 1.165) is 5.69 Å². The maximum Gasteiger partial charge on any atom is 0.153 e. The average Bonchev–Trinajstić information content (AvgIpc) is 3.74. The maximum absolute atomic E-state index is 2.55. The molecule has 0 aliphatic carbocycles. The fourth-order valence-electron chi connectivity index (χ4n) is 9.55. The van der Waals surface area contributed by atoms with Gasteiger partial charge in [-0.3, -0.25) is 0 Å². The van der Waals surface area contributed by atoms with Crippen LogP contribution in [-0.2, 0) is 0 Å². The van der Waals surface area contributed by atoms with Crippen LogP contribution in [0.3, 0.4) is 0 Å². The van der Waals surface area contributed by atoms with Crippen molar-refractivity contribution in [2.75, 3.05) is 0 Å². The molecule has 0 N–H and O–H groups in total. The Kier molecular flexibility index (Phi) is 7.76. The Labute approximate surface area is 323 Å². The molecule has 0 fully saturated rings. The van der Waals surface area contributed by atoms with Gasteiger partial charge in [-0.1, -0.05) is 185 Å². The van der Waals surface area contributed by atoms with Crippen molar-refractivity contribution in [1.82, 2.24) is 9.13 Å². The van der Waals surface area contributed by atoms with Gasteiger partial charge in [-0.25, -0.2) is 0 Å². The molecule has 0 atom stereocenters. The molecule has 10 aromatic rings. The summed E-state index contributed by atoms with van der Waals surface area (Å²) >= 11 is 0. The van der Waals surface area contributed by atoms with E-state index >= 15 is 0 Å². The lowest BCUT2D eigenvalue weighted by molar-refractivity contribution is 0.739. The normalized spacial score (nSPS) is 12.3. The summed E-state index contributed by atoms with van der Waals surface area (Å²) in [6.45, 7) is 7.32. The predicted molar refractivity (Wildman–Crippen MR) is 238 cm³/mol. The Hall–Kier alpha value is -6.42. The van der Waals surface area contributed by atoms with E-state index in [0.29, 0.717) is 0 Å². The van der Waals surface area contributed by atoms with Crippen molar-refractivity contribution < 1.29 is 0 Å². The van der Waals surface area contributed by atoms with Crippen LogP contribution in [0, 0.1) is 0 Å². The van der Waals surface area contributed by atoms with Gasteiger partial charge in [-0.15, -0.1) is 0 Å². The minimum absolute atomic E-state index is 0.00373. The summed E-state index contributed by atoms with van der Waals surface area (Å²) in [6, 6.07) is 74.3. The molecule has 0 spiro atoms. The highest BCUT2D eigenvalue weighted by molar-refractivity contribution is 7.13. The summed E-state index contributed by atoms with van der Waals surface area (Å²) in [5.74, 6) is 0. The maximum atomic E-state index is 2.54. The fraction of sp³-hybridized carbons (Fsp3) is 0.0769. The zero-order chi connectivity index (χ0) is 37.1. The lowest BCUT2D eigenvalue weighted by atomic mass is 10.0. The quantitative estimate of drug-likeness (QED) is 0.119. The van der Waals surface area contributed by atoms with Crippen LogP contribution in [0.5, 0.6) is 0 Å². The third kappa shape index (κ3) is 5.07. The summed E-state index contributed by atoms with van der Waals surface area (Å²) in [7, 11) is -2.55. The first-order chi connectivity index (χ1) is 26.9. The third-order valence-electron chi connectivity index (χ3n) is 11.8. The molecular formula is C52H42N2Si. The largest absolute Gasteiger partial charge is 0.309 e. The van der Waals surface area contributed by atoms with E-state index in [2.05, 4.69) is 230 Å². The monoisotopic (exact) mass is 722 g/mol. The molecule has 0 bridgehead atoms. The number of para-hydroxylation sites is 3. The van der Waals surface area contributed by atoms with E-state index < -0.39 is 8.07 Å². The Bertz CT molecular complexity index is 2960. The Morgan fingerprint density at radius 2 is 0.873 bits per heavy atom. The molecule has 0 aliphatic heterocycles. The van der Waals surface area contributed by atoms with Gasteiger partial charge < -0.3 is 9.13 Å². The van der Waals surface area contributed by atoms with Crippen molar-refractivity contribution in [3.63, 3.8) is 0 Å². The first-order valence-corrected chi connectivity index (χ1v) is 21.3. The van der Waals surface area contributed by atoms with Crippen molar-refractivity contribution in [1.29, 1.82) is 0 Å². The molecule has 55 heavy (non-hydrogen) atoms. The van der Waals surface area contributed by atoms with Crippen molar-refractivity contribution in [2.45, 2.75) is 25.8 Å². The van der Waals surface area contributed by atoms with Crippen molar-refractivity contribution in [3.8, 4) is 22.5 Å². The van der Waals surface area contributed by atoms with E-state index in [1.807, 2.05) is 0 Å². The van der Waals surface area contributed by atoms with E-state index in [4.69, 9.17) is 0 Å². The van der Waals surface area contributed by atoms with E-state index in [-0.39, 0.29) is 5.04 Å². The van der Waals surface area contributed by atoms with Gasteiger partial charge in [0.1, 0.15) is 0 Å². The number of rotatable bonds is 6. The van der Waals surface area contributed by atoms with Crippen LogP contribution in [0.1, 0.15) is 20.8 Å². The zero-order valence-electron chi connectivity index (χ0n) is 31.4. The highest BCUT2D eigenvalue weighted by Crippen LogP contribution is 2.40. The summed E-state index contributed by atoms with van der Waals surface area (Å²) in [5, 5.41) is 9.36. The van der Waals surface area contributed by atoms with Crippen LogP contribution >= 0.6 is 0 Å². The van der Waals surface area contributed by atoms with Gasteiger partial charge in [0.25, 0.3) is 0 Å². The molecule has 0 radical (unpaired) electrons. The molecule has 2 nitrogen and oxygen atoms in total. The summed E-state index contributed by atoms with van der Waals surface area (Å²) in [4.78, 5) is 0. The number of hydrogen-bond acceptors (Lipinski definition) is 0. The zero-order valence-corrected chi connectivity index (χ0v) is 32.4. The molecule has 0 amide bonds. The van der Waals surface area contributed by atoms with E-state index in [1.165, 1.54) is 76.0 Å². The van der Waals surface area contributed by atoms with E-state index in [9.17, 15) is 0 Å². The van der Waals surface area contributed by atoms with Crippen LogP contribution in [-0.4, -0.2) is 17.2 Å². The Morgan fingerprint density at radius 3 is 1.53 bits per heavy atom. The molecule has 10 rings (SSSR count). The first-order valence-electron chi connectivity index (χ1n) is 19.3. The topological polar surface area (TPSA) is 9.86 Å². The van der Waals surface area contributed by atoms with Crippen molar-refractivity contribution in [2.24, 2.45) is 0 Å². The summed E-state index contributed by atoms with van der Waals surface area (Å²) in [5.41, 5.74) is 9.57. The predicted octanol–water partition coefficient (Wildman–Crippen LogP) is 11.8. The average molecular weight is 723 g/mol. The van der Waals surface area contributed by atoms with Crippen LogP contribution in [0.25, 0.3) is 66.1 Å². The lowest BCUT2D eigenvalue weighted by Crippen LogP contribution is -2.72. The Morgan fingerprint density at radius 1 is 0.364 bits per heavy atom. The van der Waals surface area contributed by atoms with E-state index in [1.54, 1.807) is 0 Å². The van der Waals surface area contributed by atoms with Crippen LogP contribution < -0.4 is 15.6 Å². The Balaban J connectivity index is 1.24. The molecule has 0 unspecified atom stereocenters. The molecule has 0 saturated heterocycles. The fourth-order valence-corrected chi connectivity index (χ4v) is 15.2. The van der Waals surface area contributed by atoms with Crippen molar-refractivity contribution in [3.05, 3.63) is 200 Å². The van der Waals surface area contributed by atoms with Crippen LogP contribution in [0.4, 0.5) is 0 Å². The lowest BCUT2D eigenvalue weighted by Gasteiger charge is -2.44.